The Labute approximate surface area is 208 Å². The lowest BCUT2D eigenvalue weighted by atomic mass is 10.1. The molecule has 35 heavy (non-hydrogen) atoms. The van der Waals surface area contributed by atoms with Gasteiger partial charge in [-0.2, -0.15) is 4.31 Å². The van der Waals surface area contributed by atoms with Crippen LogP contribution < -0.4 is 5.32 Å². The van der Waals surface area contributed by atoms with E-state index in [1.165, 1.54) is 40.7 Å². The van der Waals surface area contributed by atoms with E-state index in [0.29, 0.717) is 42.9 Å². The van der Waals surface area contributed by atoms with Gasteiger partial charge in [0.2, 0.25) is 10.0 Å². The molecule has 8 nitrogen and oxygen atoms in total. The molecule has 1 amide bonds. The normalized spacial score (nSPS) is 18.5. The molecular formula is C24H26ClFN4O4S. The van der Waals surface area contributed by atoms with Crippen LogP contribution in [-0.2, 0) is 21.3 Å². The van der Waals surface area contributed by atoms with Crippen LogP contribution >= 0.6 is 11.6 Å². The third-order valence-electron chi connectivity index (χ3n) is 5.89. The largest absolute Gasteiger partial charge is 0.448 e. The van der Waals surface area contributed by atoms with E-state index in [1.807, 2.05) is 10.8 Å². The monoisotopic (exact) mass is 520 g/mol. The minimum absolute atomic E-state index is 0.0687. The van der Waals surface area contributed by atoms with Crippen molar-refractivity contribution in [2.75, 3.05) is 13.2 Å². The molecule has 3 aromatic rings. The quantitative estimate of drug-likeness (QED) is 0.422. The summed E-state index contributed by atoms with van der Waals surface area (Å²) in [7, 11) is -3.98. The van der Waals surface area contributed by atoms with Crippen molar-refractivity contribution in [2.45, 2.75) is 42.8 Å². The summed E-state index contributed by atoms with van der Waals surface area (Å²) in [6.07, 6.45) is 6.22. The van der Waals surface area contributed by atoms with Crippen molar-refractivity contribution < 1.29 is 22.3 Å². The number of benzene rings is 2. The minimum atomic E-state index is -3.98. The molecule has 1 aliphatic heterocycles. The zero-order chi connectivity index (χ0) is 24.8. The Morgan fingerprint density at radius 3 is 2.71 bits per heavy atom. The summed E-state index contributed by atoms with van der Waals surface area (Å²) in [5.74, 6) is -0.443. The zero-order valence-corrected chi connectivity index (χ0v) is 20.5. The van der Waals surface area contributed by atoms with Gasteiger partial charge in [-0.15, -0.1) is 0 Å². The molecule has 0 aliphatic carbocycles. The number of ether oxygens (including phenoxy) is 1. The molecule has 11 heteroatoms. The lowest BCUT2D eigenvalue weighted by molar-refractivity contribution is 0.121. The van der Waals surface area contributed by atoms with Crippen LogP contribution in [-0.4, -0.2) is 47.6 Å². The Balaban J connectivity index is 1.45. The second-order valence-electron chi connectivity index (χ2n) is 8.27. The maximum atomic E-state index is 13.9. The highest BCUT2D eigenvalue weighted by molar-refractivity contribution is 7.89. The van der Waals surface area contributed by atoms with Crippen molar-refractivity contribution in [2.24, 2.45) is 0 Å². The summed E-state index contributed by atoms with van der Waals surface area (Å²) in [6.45, 7) is 0.984. The van der Waals surface area contributed by atoms with Crippen LogP contribution in [0.4, 0.5) is 9.18 Å². The third-order valence-corrected chi connectivity index (χ3v) is 8.12. The van der Waals surface area contributed by atoms with Gasteiger partial charge in [-0.1, -0.05) is 23.7 Å². The maximum Gasteiger partial charge on any atom is 0.407 e. The number of rotatable bonds is 9. The highest BCUT2D eigenvalue weighted by atomic mass is 35.5. The molecule has 0 unspecified atom stereocenters. The Morgan fingerprint density at radius 2 is 2.00 bits per heavy atom. The van der Waals surface area contributed by atoms with Gasteiger partial charge in [0, 0.05) is 30.5 Å². The highest BCUT2D eigenvalue weighted by Gasteiger charge is 2.43. The van der Waals surface area contributed by atoms with E-state index in [9.17, 15) is 17.6 Å². The Kier molecular flexibility index (Phi) is 8.04. The number of alkyl carbamates (subject to hydrolysis) is 1. The van der Waals surface area contributed by atoms with Crippen LogP contribution in [0.5, 0.6) is 0 Å². The van der Waals surface area contributed by atoms with E-state index >= 15 is 0 Å². The minimum Gasteiger partial charge on any atom is -0.448 e. The molecule has 186 valence electrons. The van der Waals surface area contributed by atoms with Gasteiger partial charge in [0.05, 0.1) is 23.3 Å². The van der Waals surface area contributed by atoms with Crippen molar-refractivity contribution in [1.82, 2.24) is 19.2 Å². The van der Waals surface area contributed by atoms with Gasteiger partial charge in [-0.25, -0.2) is 22.6 Å². The number of carbonyl (C=O) groups excluding carboxylic acids is 1. The lowest BCUT2D eigenvalue weighted by Gasteiger charge is -2.29. The van der Waals surface area contributed by atoms with E-state index < -0.39 is 34.0 Å². The molecule has 1 fully saturated rings. The van der Waals surface area contributed by atoms with Gasteiger partial charge in [-0.3, -0.25) is 0 Å². The second-order valence-corrected chi connectivity index (χ2v) is 10.5. The lowest BCUT2D eigenvalue weighted by Crippen LogP contribution is -2.41. The number of carbonyl (C=O) groups is 1. The fourth-order valence-corrected chi connectivity index (χ4v) is 6.20. The van der Waals surface area contributed by atoms with Crippen molar-refractivity contribution in [1.29, 1.82) is 0 Å². The van der Waals surface area contributed by atoms with Gasteiger partial charge in [0.1, 0.15) is 12.4 Å². The standard InChI is InChI=1S/C24H26ClFN4O4S/c25-19-5-8-22(9-6-19)35(32,33)30-21(7-10-23(30)18-3-1-4-20(26)15-18)16-34-24(31)28-11-2-13-29-14-12-27-17-29/h1,3-6,8-9,12,14-15,17,21,23H,2,7,10-11,13,16H2,(H,28,31)/t21-,23+/m1/s1. The maximum absolute atomic E-state index is 13.9. The van der Waals surface area contributed by atoms with Crippen LogP contribution in [0.3, 0.4) is 0 Å². The molecule has 1 aliphatic rings. The molecule has 1 saturated heterocycles. The fourth-order valence-electron chi connectivity index (χ4n) is 4.23. The smallest absolute Gasteiger partial charge is 0.407 e. The Morgan fingerprint density at radius 1 is 1.20 bits per heavy atom. The van der Waals surface area contributed by atoms with Gasteiger partial charge >= 0.3 is 6.09 Å². The van der Waals surface area contributed by atoms with Gasteiger partial charge in [0.25, 0.3) is 0 Å². The number of aryl methyl sites for hydroxylation is 1. The zero-order valence-electron chi connectivity index (χ0n) is 18.9. The van der Waals surface area contributed by atoms with E-state index in [2.05, 4.69) is 10.3 Å². The molecule has 0 bridgehead atoms. The molecule has 0 radical (unpaired) electrons. The van der Waals surface area contributed by atoms with E-state index in [4.69, 9.17) is 16.3 Å². The summed E-state index contributed by atoms with van der Waals surface area (Å²) in [5.41, 5.74) is 0.550. The number of aromatic nitrogens is 2. The Hall–Kier alpha value is -2.95. The van der Waals surface area contributed by atoms with E-state index in [-0.39, 0.29) is 11.5 Å². The number of amides is 1. The molecular weight excluding hydrogens is 495 g/mol. The van der Waals surface area contributed by atoms with Gasteiger partial charge in [0.15, 0.2) is 0 Å². The molecule has 2 heterocycles. The fraction of sp³-hybridized carbons (Fsp3) is 0.333. The molecule has 2 atom stereocenters. The first kappa shape index (κ1) is 25.2. The number of halogens is 2. The number of nitrogens with zero attached hydrogens (tertiary/aromatic N) is 3. The number of imidazole rings is 1. The predicted octanol–water partition coefficient (Wildman–Crippen LogP) is 4.39. The van der Waals surface area contributed by atoms with Crippen LogP contribution in [0.2, 0.25) is 5.02 Å². The first-order chi connectivity index (χ1) is 16.8. The van der Waals surface area contributed by atoms with Gasteiger partial charge in [-0.05, 0) is 61.2 Å². The molecule has 4 rings (SSSR count). The topological polar surface area (TPSA) is 93.5 Å². The van der Waals surface area contributed by atoms with Crippen molar-refractivity contribution in [3.8, 4) is 0 Å². The average Bonchev–Trinajstić information content (AvgIpc) is 3.51. The third kappa shape index (κ3) is 6.19. The molecule has 0 saturated carbocycles. The number of hydrogen-bond acceptors (Lipinski definition) is 5. The Bertz CT molecular complexity index is 1240. The molecule has 1 aromatic heterocycles. The summed E-state index contributed by atoms with van der Waals surface area (Å²) in [4.78, 5) is 16.3. The van der Waals surface area contributed by atoms with E-state index in [1.54, 1.807) is 24.7 Å². The SMILES string of the molecule is O=C(NCCCn1ccnc1)OC[C@H]1CC[C@@H](c2cccc(F)c2)N1S(=O)(=O)c1ccc(Cl)cc1. The number of nitrogens with one attached hydrogen (secondary N) is 1. The van der Waals surface area contributed by atoms with Crippen molar-refractivity contribution in [3.63, 3.8) is 0 Å². The van der Waals surface area contributed by atoms with Crippen molar-refractivity contribution >= 4 is 27.7 Å². The van der Waals surface area contributed by atoms with E-state index in [0.717, 1.165) is 0 Å². The highest BCUT2D eigenvalue weighted by Crippen LogP contribution is 2.41. The van der Waals surface area contributed by atoms with Crippen molar-refractivity contribution in [3.05, 3.63) is 83.7 Å². The average molecular weight is 521 g/mol. The summed E-state index contributed by atoms with van der Waals surface area (Å²) < 4.78 is 49.8. The summed E-state index contributed by atoms with van der Waals surface area (Å²) in [6, 6.07) is 10.6. The number of sulfonamides is 1. The predicted molar refractivity (Wildman–Crippen MR) is 129 cm³/mol. The molecule has 0 spiro atoms. The first-order valence-corrected chi connectivity index (χ1v) is 13.1. The summed E-state index contributed by atoms with van der Waals surface area (Å²) >= 11 is 5.94. The second kappa shape index (κ2) is 11.2. The van der Waals surface area contributed by atoms with Crippen LogP contribution in [0.25, 0.3) is 0 Å². The van der Waals surface area contributed by atoms with Crippen LogP contribution in [0.15, 0.2) is 72.1 Å². The first-order valence-electron chi connectivity index (χ1n) is 11.3. The number of hydrogen-bond donors (Lipinski definition) is 1. The molecule has 2 aromatic carbocycles. The summed E-state index contributed by atoms with van der Waals surface area (Å²) in [5, 5.41) is 3.10. The van der Waals surface area contributed by atoms with Gasteiger partial charge < -0.3 is 14.6 Å². The molecule has 1 N–H and O–H groups in total. The van der Waals surface area contributed by atoms with Crippen LogP contribution in [0.1, 0.15) is 30.9 Å². The van der Waals surface area contributed by atoms with Crippen LogP contribution in [0, 0.1) is 5.82 Å².